The number of aromatic nitrogens is 2. The summed E-state index contributed by atoms with van der Waals surface area (Å²) in [6.07, 6.45) is 12.3. The van der Waals surface area contributed by atoms with Crippen LogP contribution in [0.4, 0.5) is 4.39 Å². The minimum atomic E-state index is -0.713. The van der Waals surface area contributed by atoms with E-state index in [0.717, 1.165) is 47.2 Å². The van der Waals surface area contributed by atoms with Gasteiger partial charge in [0, 0.05) is 18.0 Å². The maximum absolute atomic E-state index is 12.8. The number of hydrogen-bond acceptors (Lipinski definition) is 2. The van der Waals surface area contributed by atoms with Gasteiger partial charge in [-0.1, -0.05) is 42.5 Å². The van der Waals surface area contributed by atoms with E-state index in [0.29, 0.717) is 6.42 Å². The Morgan fingerprint density at radius 3 is 2.56 bits per heavy atom. The Kier molecular flexibility index (Phi) is 6.48. The van der Waals surface area contributed by atoms with Crippen LogP contribution in [-0.2, 0) is 6.42 Å². The highest BCUT2D eigenvalue weighted by molar-refractivity contribution is 5.88. The highest BCUT2D eigenvalue weighted by atomic mass is 19.1. The fourth-order valence-corrected chi connectivity index (χ4v) is 3.02. The number of fused-ring (bicyclic) bond motifs is 1. The third-order valence-electron chi connectivity index (χ3n) is 4.49. The van der Waals surface area contributed by atoms with Crippen LogP contribution in [0.3, 0.4) is 0 Å². The van der Waals surface area contributed by atoms with Crippen LogP contribution in [0.5, 0.6) is 0 Å². The van der Waals surface area contributed by atoms with Crippen LogP contribution < -0.4 is 0 Å². The van der Waals surface area contributed by atoms with Gasteiger partial charge >= 0.3 is 0 Å². The molecule has 1 atom stereocenters. The molecule has 2 aromatic carbocycles. The zero-order valence-corrected chi connectivity index (χ0v) is 15.7. The van der Waals surface area contributed by atoms with Crippen LogP contribution in [0, 0.1) is 0 Å². The number of hydrogen-bond donors (Lipinski definition) is 0. The number of nitrogens with zero attached hydrogens (tertiary/aromatic N) is 2. The van der Waals surface area contributed by atoms with Crippen LogP contribution in [0.2, 0.25) is 0 Å². The molecule has 0 saturated heterocycles. The number of unbranched alkanes of at least 4 members (excludes halogenated alkanes) is 1. The normalized spacial score (nSPS) is 12.5. The fraction of sp³-hybridized carbons (Fsp3) is 0.250. The molecule has 138 valence electrons. The molecule has 1 unspecified atom stereocenters. The monoisotopic (exact) mass is 360 g/mol. The predicted molar refractivity (Wildman–Crippen MR) is 112 cm³/mol. The first-order valence-corrected chi connectivity index (χ1v) is 9.42. The molecule has 0 bridgehead atoms. The van der Waals surface area contributed by atoms with E-state index in [4.69, 9.17) is 0 Å². The molecule has 0 fully saturated rings. The Morgan fingerprint density at radius 1 is 1.07 bits per heavy atom. The molecule has 0 saturated carbocycles. The summed E-state index contributed by atoms with van der Waals surface area (Å²) in [7, 11) is 0. The molecular weight excluding hydrogens is 335 g/mol. The number of alkyl halides is 1. The standard InChI is InChI=1S/C24H25FN2/c1-3-7-20-16-26-24(27-17-20)23-13-12-21-14-19(10-11-22(21)15-23)9-6-4-5-8-18(2)25/h3,6,9-18H,1,4-5,7-8H2,2H3/b9-6+. The van der Waals surface area contributed by atoms with E-state index in [9.17, 15) is 4.39 Å². The van der Waals surface area contributed by atoms with Crippen molar-refractivity contribution in [3.63, 3.8) is 0 Å². The molecule has 0 radical (unpaired) electrons. The Labute approximate surface area is 160 Å². The van der Waals surface area contributed by atoms with Gasteiger partial charge in [-0.2, -0.15) is 0 Å². The maximum atomic E-state index is 12.8. The Bertz CT molecular complexity index is 927. The van der Waals surface area contributed by atoms with Gasteiger partial charge in [-0.25, -0.2) is 14.4 Å². The summed E-state index contributed by atoms with van der Waals surface area (Å²) in [5.74, 6) is 0.732. The average molecular weight is 360 g/mol. The van der Waals surface area contributed by atoms with Gasteiger partial charge in [0.1, 0.15) is 0 Å². The third-order valence-corrected chi connectivity index (χ3v) is 4.49. The van der Waals surface area contributed by atoms with E-state index < -0.39 is 6.17 Å². The first kappa shape index (κ1) is 19.0. The summed E-state index contributed by atoms with van der Waals surface area (Å²) < 4.78 is 12.8. The molecule has 0 aliphatic carbocycles. The van der Waals surface area contributed by atoms with Crippen molar-refractivity contribution in [2.24, 2.45) is 0 Å². The van der Waals surface area contributed by atoms with Gasteiger partial charge in [-0.3, -0.25) is 0 Å². The predicted octanol–water partition coefficient (Wildman–Crippen LogP) is 6.57. The topological polar surface area (TPSA) is 25.8 Å². The van der Waals surface area contributed by atoms with Crippen molar-refractivity contribution in [1.29, 1.82) is 0 Å². The first-order chi connectivity index (χ1) is 13.2. The minimum absolute atomic E-state index is 0.626. The largest absolute Gasteiger partial charge is 0.248 e. The molecule has 3 rings (SSSR count). The molecule has 0 spiro atoms. The lowest BCUT2D eigenvalue weighted by molar-refractivity contribution is 0.335. The van der Waals surface area contributed by atoms with E-state index in [-0.39, 0.29) is 0 Å². The van der Waals surface area contributed by atoms with Crippen LogP contribution in [0.25, 0.3) is 28.2 Å². The quantitative estimate of drug-likeness (QED) is 0.335. The molecule has 3 heteroatoms. The number of rotatable bonds is 8. The van der Waals surface area contributed by atoms with Crippen molar-refractivity contribution in [3.05, 3.63) is 78.6 Å². The summed E-state index contributed by atoms with van der Waals surface area (Å²) in [6, 6.07) is 12.7. The van der Waals surface area contributed by atoms with Crippen molar-refractivity contribution in [2.75, 3.05) is 0 Å². The third kappa shape index (κ3) is 5.33. The van der Waals surface area contributed by atoms with E-state index in [1.54, 1.807) is 6.92 Å². The van der Waals surface area contributed by atoms with Crippen molar-refractivity contribution in [1.82, 2.24) is 9.97 Å². The Hall–Kier alpha value is -2.81. The van der Waals surface area contributed by atoms with Crippen molar-refractivity contribution in [3.8, 4) is 11.4 Å². The first-order valence-electron chi connectivity index (χ1n) is 9.42. The zero-order chi connectivity index (χ0) is 19.1. The molecular formula is C24H25FN2. The summed E-state index contributed by atoms with van der Waals surface area (Å²) >= 11 is 0. The van der Waals surface area contributed by atoms with Crippen LogP contribution >= 0.6 is 0 Å². The lowest BCUT2D eigenvalue weighted by Crippen LogP contribution is -1.91. The minimum Gasteiger partial charge on any atom is -0.248 e. The summed E-state index contributed by atoms with van der Waals surface area (Å²) in [5.41, 5.74) is 3.23. The number of halogens is 1. The SMILES string of the molecule is C=CCc1cnc(-c2ccc3cc(/C=C/CCCC(C)F)ccc3c2)nc1. The van der Waals surface area contributed by atoms with Gasteiger partial charge in [-0.15, -0.1) is 6.58 Å². The van der Waals surface area contributed by atoms with Crippen molar-refractivity contribution >= 4 is 16.8 Å². The highest BCUT2D eigenvalue weighted by Gasteiger charge is 2.03. The molecule has 0 amide bonds. The lowest BCUT2D eigenvalue weighted by atomic mass is 10.0. The molecule has 0 aliphatic rings. The maximum Gasteiger partial charge on any atom is 0.159 e. The van der Waals surface area contributed by atoms with Crippen LogP contribution in [-0.4, -0.2) is 16.1 Å². The number of benzene rings is 2. The zero-order valence-electron chi connectivity index (χ0n) is 15.7. The second-order valence-electron chi connectivity index (χ2n) is 6.84. The molecule has 3 aromatic rings. The molecule has 2 nitrogen and oxygen atoms in total. The smallest absolute Gasteiger partial charge is 0.159 e. The summed E-state index contributed by atoms with van der Waals surface area (Å²) in [6.45, 7) is 5.35. The van der Waals surface area contributed by atoms with Crippen molar-refractivity contribution in [2.45, 2.75) is 38.8 Å². The van der Waals surface area contributed by atoms with Crippen LogP contribution in [0.15, 0.2) is 67.5 Å². The molecule has 1 aromatic heterocycles. The molecule has 0 N–H and O–H groups in total. The fourth-order valence-electron chi connectivity index (χ4n) is 3.02. The van der Waals surface area contributed by atoms with Crippen molar-refractivity contribution < 1.29 is 4.39 Å². The number of allylic oxidation sites excluding steroid dienone is 2. The summed E-state index contributed by atoms with van der Waals surface area (Å²) in [4.78, 5) is 8.93. The molecule has 27 heavy (non-hydrogen) atoms. The highest BCUT2D eigenvalue weighted by Crippen LogP contribution is 2.23. The van der Waals surface area contributed by atoms with E-state index in [1.807, 2.05) is 18.5 Å². The molecule has 1 heterocycles. The van der Waals surface area contributed by atoms with Gasteiger partial charge < -0.3 is 0 Å². The molecule has 0 aliphatic heterocycles. The average Bonchev–Trinajstić information content (AvgIpc) is 2.68. The van der Waals surface area contributed by atoms with E-state index >= 15 is 0 Å². The van der Waals surface area contributed by atoms with Gasteiger partial charge in [0.25, 0.3) is 0 Å². The Balaban J connectivity index is 1.73. The second-order valence-corrected chi connectivity index (χ2v) is 6.84. The van der Waals surface area contributed by atoms with Gasteiger partial charge in [0.2, 0.25) is 0 Å². The second kappa shape index (κ2) is 9.22. The van der Waals surface area contributed by atoms with E-state index in [1.165, 1.54) is 5.39 Å². The lowest BCUT2D eigenvalue weighted by Gasteiger charge is -2.05. The Morgan fingerprint density at radius 2 is 1.81 bits per heavy atom. The van der Waals surface area contributed by atoms with Gasteiger partial charge in [-0.05, 0) is 66.6 Å². The van der Waals surface area contributed by atoms with E-state index in [2.05, 4.69) is 65.1 Å². The van der Waals surface area contributed by atoms with Gasteiger partial charge in [0.15, 0.2) is 5.82 Å². The van der Waals surface area contributed by atoms with Gasteiger partial charge in [0.05, 0.1) is 6.17 Å². The van der Waals surface area contributed by atoms with Crippen LogP contribution in [0.1, 0.15) is 37.3 Å². The summed E-state index contributed by atoms with van der Waals surface area (Å²) in [5, 5.41) is 2.34.